The van der Waals surface area contributed by atoms with Gasteiger partial charge in [-0.3, -0.25) is 14.2 Å². The lowest BCUT2D eigenvalue weighted by atomic mass is 10.3. The zero-order chi connectivity index (χ0) is 20.2. The molecule has 8 heteroatoms. The average molecular weight is 424 g/mol. The van der Waals surface area contributed by atoms with Crippen molar-refractivity contribution in [2.45, 2.75) is 5.16 Å². The molecule has 0 bridgehead atoms. The van der Waals surface area contributed by atoms with E-state index >= 15 is 0 Å². The number of anilines is 1. The highest BCUT2D eigenvalue weighted by Crippen LogP contribution is 2.26. The molecule has 146 valence electrons. The number of hydrogen-bond acceptors (Lipinski definition) is 6. The third-order valence-electron chi connectivity index (χ3n) is 4.18. The lowest BCUT2D eigenvalue weighted by molar-refractivity contribution is -0.113. The second-order valence-electron chi connectivity index (χ2n) is 6.04. The van der Waals surface area contributed by atoms with Gasteiger partial charge in [0.05, 0.1) is 29.8 Å². The van der Waals surface area contributed by atoms with Gasteiger partial charge in [-0.2, -0.15) is 0 Å². The zero-order valence-corrected chi connectivity index (χ0v) is 17.1. The Balaban J connectivity index is 1.62. The van der Waals surface area contributed by atoms with Crippen LogP contribution < -0.4 is 15.6 Å². The molecule has 0 fully saturated rings. The SMILES string of the molecule is COc1ccccc1NC(=O)CSc1nc2ccsc2c(=O)n1-c1ccccc1. The highest BCUT2D eigenvalue weighted by molar-refractivity contribution is 7.99. The van der Waals surface area contributed by atoms with Gasteiger partial charge < -0.3 is 10.1 Å². The molecule has 0 aliphatic heterocycles. The predicted octanol–water partition coefficient (Wildman–Crippen LogP) is 4.19. The minimum absolute atomic E-state index is 0.104. The van der Waals surface area contributed by atoms with Gasteiger partial charge in [0.2, 0.25) is 5.91 Å². The number of carbonyl (C=O) groups excluding carboxylic acids is 1. The third kappa shape index (κ3) is 4.03. The number of aromatic nitrogens is 2. The van der Waals surface area contributed by atoms with Gasteiger partial charge in [-0.05, 0) is 35.7 Å². The zero-order valence-electron chi connectivity index (χ0n) is 15.5. The predicted molar refractivity (Wildman–Crippen MR) is 118 cm³/mol. The molecule has 0 spiro atoms. The Morgan fingerprint density at radius 2 is 1.90 bits per heavy atom. The summed E-state index contributed by atoms with van der Waals surface area (Å²) in [4.78, 5) is 30.1. The Morgan fingerprint density at radius 1 is 1.14 bits per heavy atom. The van der Waals surface area contributed by atoms with E-state index in [0.29, 0.717) is 32.5 Å². The second-order valence-corrected chi connectivity index (χ2v) is 7.90. The van der Waals surface area contributed by atoms with Crippen molar-refractivity contribution < 1.29 is 9.53 Å². The number of ether oxygens (including phenoxy) is 1. The summed E-state index contributed by atoms with van der Waals surface area (Å²) < 4.78 is 7.41. The van der Waals surface area contributed by atoms with E-state index in [0.717, 1.165) is 0 Å². The van der Waals surface area contributed by atoms with Crippen LogP contribution in [0.2, 0.25) is 0 Å². The Morgan fingerprint density at radius 3 is 2.69 bits per heavy atom. The summed E-state index contributed by atoms with van der Waals surface area (Å²) in [5, 5.41) is 5.16. The fourth-order valence-corrected chi connectivity index (χ4v) is 4.43. The maximum Gasteiger partial charge on any atom is 0.276 e. The molecule has 0 aliphatic rings. The number of nitrogens with one attached hydrogen (secondary N) is 1. The number of carbonyl (C=O) groups is 1. The van der Waals surface area contributed by atoms with E-state index < -0.39 is 0 Å². The second kappa shape index (κ2) is 8.50. The molecular weight excluding hydrogens is 406 g/mol. The molecule has 0 radical (unpaired) electrons. The van der Waals surface area contributed by atoms with Crippen molar-refractivity contribution >= 4 is 44.9 Å². The van der Waals surface area contributed by atoms with Gasteiger partial charge in [0.1, 0.15) is 10.4 Å². The van der Waals surface area contributed by atoms with Crippen molar-refractivity contribution in [2.24, 2.45) is 0 Å². The number of methoxy groups -OCH3 is 1. The van der Waals surface area contributed by atoms with Gasteiger partial charge in [0.15, 0.2) is 5.16 Å². The normalized spacial score (nSPS) is 10.8. The highest BCUT2D eigenvalue weighted by atomic mass is 32.2. The van der Waals surface area contributed by atoms with E-state index in [-0.39, 0.29) is 17.2 Å². The Bertz CT molecular complexity index is 1220. The standard InChI is InChI=1S/C21H17N3O3S2/c1-27-17-10-6-5-9-15(17)22-18(25)13-29-21-23-16-11-12-28-19(16)20(26)24(21)14-7-3-2-4-8-14/h2-12H,13H2,1H3,(H,22,25). The van der Waals surface area contributed by atoms with Crippen LogP contribution in [0.3, 0.4) is 0 Å². The van der Waals surface area contributed by atoms with Gasteiger partial charge in [-0.15, -0.1) is 11.3 Å². The first-order chi connectivity index (χ1) is 14.2. The molecule has 1 amide bonds. The number of thiophene rings is 1. The van der Waals surface area contributed by atoms with Gasteiger partial charge in [0.25, 0.3) is 5.56 Å². The van der Waals surface area contributed by atoms with E-state index in [9.17, 15) is 9.59 Å². The largest absolute Gasteiger partial charge is 0.495 e. The van der Waals surface area contributed by atoms with Crippen molar-refractivity contribution in [3.8, 4) is 11.4 Å². The molecule has 2 heterocycles. The number of benzene rings is 2. The minimum Gasteiger partial charge on any atom is -0.495 e. The smallest absolute Gasteiger partial charge is 0.276 e. The highest BCUT2D eigenvalue weighted by Gasteiger charge is 2.16. The first kappa shape index (κ1) is 19.2. The lowest BCUT2D eigenvalue weighted by Gasteiger charge is -2.12. The lowest BCUT2D eigenvalue weighted by Crippen LogP contribution is -2.22. The van der Waals surface area contributed by atoms with E-state index in [1.165, 1.54) is 23.1 Å². The topological polar surface area (TPSA) is 73.2 Å². The summed E-state index contributed by atoms with van der Waals surface area (Å²) in [6.07, 6.45) is 0. The van der Waals surface area contributed by atoms with Crippen LogP contribution in [0.25, 0.3) is 15.9 Å². The minimum atomic E-state index is -0.209. The Kier molecular flexibility index (Phi) is 5.64. The molecule has 2 aromatic heterocycles. The first-order valence-corrected chi connectivity index (χ1v) is 10.7. The average Bonchev–Trinajstić information content (AvgIpc) is 3.22. The van der Waals surface area contributed by atoms with Gasteiger partial charge >= 0.3 is 0 Å². The van der Waals surface area contributed by atoms with Crippen molar-refractivity contribution in [1.29, 1.82) is 0 Å². The summed E-state index contributed by atoms with van der Waals surface area (Å²) in [7, 11) is 1.55. The quantitative estimate of drug-likeness (QED) is 0.372. The van der Waals surface area contributed by atoms with Gasteiger partial charge in [-0.25, -0.2) is 4.98 Å². The number of rotatable bonds is 6. The monoisotopic (exact) mass is 423 g/mol. The molecule has 4 aromatic rings. The Labute approximate surface area is 175 Å². The van der Waals surface area contributed by atoms with E-state index in [1.54, 1.807) is 23.8 Å². The number of hydrogen-bond donors (Lipinski definition) is 1. The van der Waals surface area contributed by atoms with Crippen LogP contribution in [-0.2, 0) is 4.79 Å². The fraction of sp³-hybridized carbons (Fsp3) is 0.0952. The third-order valence-corrected chi connectivity index (χ3v) is 6.01. The maximum atomic E-state index is 13.0. The van der Waals surface area contributed by atoms with Crippen molar-refractivity contribution in [3.63, 3.8) is 0 Å². The summed E-state index contributed by atoms with van der Waals surface area (Å²) in [6, 6.07) is 18.3. The first-order valence-electron chi connectivity index (χ1n) is 8.78. The van der Waals surface area contributed by atoms with Crippen LogP contribution in [0.5, 0.6) is 5.75 Å². The number of thioether (sulfide) groups is 1. The molecule has 1 N–H and O–H groups in total. The molecule has 6 nitrogen and oxygen atoms in total. The molecule has 29 heavy (non-hydrogen) atoms. The molecule has 0 atom stereocenters. The molecular formula is C21H17N3O3S2. The van der Waals surface area contributed by atoms with Crippen LogP contribution in [0, 0.1) is 0 Å². The molecule has 0 aliphatic carbocycles. The molecule has 4 rings (SSSR count). The van der Waals surface area contributed by atoms with Crippen LogP contribution >= 0.6 is 23.1 Å². The molecule has 0 unspecified atom stereocenters. The molecule has 0 saturated carbocycles. The summed E-state index contributed by atoms with van der Waals surface area (Å²) in [5.41, 5.74) is 1.82. The number of para-hydroxylation sites is 3. The van der Waals surface area contributed by atoms with Gasteiger partial charge in [-0.1, -0.05) is 42.1 Å². The van der Waals surface area contributed by atoms with E-state index in [2.05, 4.69) is 10.3 Å². The van der Waals surface area contributed by atoms with Crippen molar-refractivity contribution in [3.05, 3.63) is 76.4 Å². The maximum absolute atomic E-state index is 13.0. The van der Waals surface area contributed by atoms with Gasteiger partial charge in [0, 0.05) is 0 Å². The van der Waals surface area contributed by atoms with Crippen LogP contribution in [-0.4, -0.2) is 28.3 Å². The summed E-state index contributed by atoms with van der Waals surface area (Å²) in [6.45, 7) is 0. The van der Waals surface area contributed by atoms with E-state index in [4.69, 9.17) is 4.74 Å². The number of fused-ring (bicyclic) bond motifs is 1. The summed E-state index contributed by atoms with van der Waals surface area (Å²) >= 11 is 2.58. The number of amides is 1. The Hall–Kier alpha value is -3.10. The van der Waals surface area contributed by atoms with Crippen LogP contribution in [0.15, 0.2) is 76.0 Å². The van der Waals surface area contributed by atoms with Crippen molar-refractivity contribution in [1.82, 2.24) is 9.55 Å². The van der Waals surface area contributed by atoms with E-state index in [1.807, 2.05) is 53.9 Å². The van der Waals surface area contributed by atoms with Crippen LogP contribution in [0.1, 0.15) is 0 Å². The summed E-state index contributed by atoms with van der Waals surface area (Å²) in [5.74, 6) is 0.483. The number of nitrogens with zero attached hydrogens (tertiary/aromatic N) is 2. The fourth-order valence-electron chi connectivity index (χ4n) is 2.86. The van der Waals surface area contributed by atoms with Crippen molar-refractivity contribution in [2.75, 3.05) is 18.2 Å². The van der Waals surface area contributed by atoms with Crippen LogP contribution in [0.4, 0.5) is 5.69 Å². The molecule has 0 saturated heterocycles. The molecule has 2 aromatic carbocycles.